The predicted molar refractivity (Wildman–Crippen MR) is 77.8 cm³/mol. The van der Waals surface area contributed by atoms with Crippen molar-refractivity contribution in [2.75, 3.05) is 5.32 Å². The van der Waals surface area contributed by atoms with Gasteiger partial charge in [0, 0.05) is 18.5 Å². The second kappa shape index (κ2) is 6.42. The first-order valence-corrected chi connectivity index (χ1v) is 6.15. The summed E-state index contributed by atoms with van der Waals surface area (Å²) in [5.74, 6) is -0.968. The van der Waals surface area contributed by atoms with Gasteiger partial charge in [-0.25, -0.2) is 9.78 Å². The summed E-state index contributed by atoms with van der Waals surface area (Å²) in [6, 6.07) is 6.68. The van der Waals surface area contributed by atoms with E-state index >= 15 is 0 Å². The zero-order chi connectivity index (χ0) is 15.2. The van der Waals surface area contributed by atoms with E-state index in [1.165, 1.54) is 18.3 Å². The van der Waals surface area contributed by atoms with Gasteiger partial charge < -0.3 is 10.4 Å². The summed E-state index contributed by atoms with van der Waals surface area (Å²) in [5.41, 5.74) is 1.83. The van der Waals surface area contributed by atoms with Gasteiger partial charge in [0.2, 0.25) is 0 Å². The van der Waals surface area contributed by atoms with E-state index in [2.05, 4.69) is 15.3 Å². The maximum atomic E-state index is 12.0. The van der Waals surface area contributed by atoms with Gasteiger partial charge in [-0.3, -0.25) is 9.78 Å². The van der Waals surface area contributed by atoms with E-state index in [1.54, 1.807) is 18.3 Å². The lowest BCUT2D eigenvalue weighted by Crippen LogP contribution is -2.14. The van der Waals surface area contributed by atoms with Crippen LogP contribution >= 0.6 is 0 Å². The molecule has 0 unspecified atom stereocenters. The number of nitrogens with one attached hydrogen (secondary N) is 1. The van der Waals surface area contributed by atoms with E-state index in [4.69, 9.17) is 5.11 Å². The predicted octanol–water partition coefficient (Wildman–Crippen LogP) is 2.14. The molecule has 106 valence electrons. The molecule has 0 aliphatic rings. The molecule has 2 aromatic rings. The van der Waals surface area contributed by atoms with Crippen molar-refractivity contribution in [2.24, 2.45) is 0 Å². The van der Waals surface area contributed by atoms with Crippen LogP contribution in [0, 0.1) is 6.92 Å². The summed E-state index contributed by atoms with van der Waals surface area (Å²) >= 11 is 0. The third-order valence-corrected chi connectivity index (χ3v) is 2.59. The van der Waals surface area contributed by atoms with Gasteiger partial charge in [0.05, 0.1) is 0 Å². The largest absolute Gasteiger partial charge is 0.478 e. The SMILES string of the molecule is Cc1ccc(NC(=O)c2ccc(C=CC(=O)O)cn2)nc1. The molecule has 1 amide bonds. The van der Waals surface area contributed by atoms with E-state index in [0.29, 0.717) is 11.4 Å². The fourth-order valence-electron chi connectivity index (χ4n) is 1.53. The van der Waals surface area contributed by atoms with E-state index < -0.39 is 5.97 Å². The lowest BCUT2D eigenvalue weighted by Gasteiger charge is -2.04. The number of carbonyl (C=O) groups is 2. The van der Waals surface area contributed by atoms with Crippen LogP contribution in [0.25, 0.3) is 6.08 Å². The molecule has 0 bridgehead atoms. The monoisotopic (exact) mass is 283 g/mol. The van der Waals surface area contributed by atoms with Crippen molar-refractivity contribution < 1.29 is 14.7 Å². The standard InChI is InChI=1S/C15H13N3O3/c1-10-2-6-13(17-8-10)18-15(21)12-5-3-11(9-16-12)4-7-14(19)20/h2-9H,1H3,(H,19,20)(H,17,18,21). The summed E-state index contributed by atoms with van der Waals surface area (Å²) in [7, 11) is 0. The smallest absolute Gasteiger partial charge is 0.328 e. The highest BCUT2D eigenvalue weighted by molar-refractivity contribution is 6.02. The van der Waals surface area contributed by atoms with Crippen molar-refractivity contribution in [3.05, 3.63) is 59.6 Å². The maximum Gasteiger partial charge on any atom is 0.328 e. The summed E-state index contributed by atoms with van der Waals surface area (Å²) < 4.78 is 0. The number of aryl methyl sites for hydroxylation is 1. The highest BCUT2D eigenvalue weighted by Gasteiger charge is 2.07. The van der Waals surface area contributed by atoms with Crippen molar-refractivity contribution in [1.29, 1.82) is 0 Å². The molecule has 2 rings (SSSR count). The number of carbonyl (C=O) groups excluding carboxylic acids is 1. The number of nitrogens with zero attached hydrogens (tertiary/aromatic N) is 2. The number of aliphatic carboxylic acids is 1. The molecule has 2 aromatic heterocycles. The molecule has 0 radical (unpaired) electrons. The number of carboxylic acid groups (broad SMARTS) is 1. The average Bonchev–Trinajstić information content (AvgIpc) is 2.48. The Kier molecular flexibility index (Phi) is 4.40. The van der Waals surface area contributed by atoms with Crippen LogP contribution in [0.1, 0.15) is 21.6 Å². The molecule has 0 saturated heterocycles. The minimum atomic E-state index is -1.04. The lowest BCUT2D eigenvalue weighted by molar-refractivity contribution is -0.131. The maximum absolute atomic E-state index is 12.0. The van der Waals surface area contributed by atoms with E-state index in [-0.39, 0.29) is 11.6 Å². The summed E-state index contributed by atoms with van der Waals surface area (Å²) in [6.07, 6.45) is 5.49. The van der Waals surface area contributed by atoms with Crippen LogP contribution in [-0.2, 0) is 4.79 Å². The van der Waals surface area contributed by atoms with Crippen molar-refractivity contribution in [1.82, 2.24) is 9.97 Å². The number of aromatic nitrogens is 2. The van der Waals surface area contributed by atoms with Gasteiger partial charge >= 0.3 is 5.97 Å². The lowest BCUT2D eigenvalue weighted by atomic mass is 10.2. The third-order valence-electron chi connectivity index (χ3n) is 2.59. The van der Waals surface area contributed by atoms with Crippen molar-refractivity contribution >= 4 is 23.8 Å². The molecule has 0 aliphatic carbocycles. The van der Waals surface area contributed by atoms with Gasteiger partial charge in [-0.15, -0.1) is 0 Å². The number of amides is 1. The van der Waals surface area contributed by atoms with Gasteiger partial charge in [-0.05, 0) is 36.3 Å². The Hall–Kier alpha value is -3.02. The Bertz CT molecular complexity index is 676. The Morgan fingerprint density at radius 1 is 1.14 bits per heavy atom. The Morgan fingerprint density at radius 2 is 1.95 bits per heavy atom. The minimum Gasteiger partial charge on any atom is -0.478 e. The van der Waals surface area contributed by atoms with Crippen LogP contribution in [0.5, 0.6) is 0 Å². The Labute approximate surface area is 121 Å². The first-order valence-electron chi connectivity index (χ1n) is 6.15. The van der Waals surface area contributed by atoms with Crippen molar-refractivity contribution in [3.8, 4) is 0 Å². The van der Waals surface area contributed by atoms with E-state index in [1.807, 2.05) is 13.0 Å². The van der Waals surface area contributed by atoms with Crippen molar-refractivity contribution in [3.63, 3.8) is 0 Å². The highest BCUT2D eigenvalue weighted by Crippen LogP contribution is 2.07. The van der Waals surface area contributed by atoms with Gasteiger partial charge in [0.1, 0.15) is 11.5 Å². The fraction of sp³-hybridized carbons (Fsp3) is 0.0667. The first-order chi connectivity index (χ1) is 10.0. The Morgan fingerprint density at radius 3 is 2.52 bits per heavy atom. The minimum absolute atomic E-state index is 0.227. The molecular formula is C15H13N3O3. The quantitative estimate of drug-likeness (QED) is 0.839. The average molecular weight is 283 g/mol. The number of carboxylic acids is 1. The second-order valence-corrected chi connectivity index (χ2v) is 4.32. The van der Waals surface area contributed by atoms with Crippen LogP contribution in [0.4, 0.5) is 5.82 Å². The molecule has 0 saturated carbocycles. The molecule has 0 spiro atoms. The molecule has 6 nitrogen and oxygen atoms in total. The van der Waals surface area contributed by atoms with Crippen LogP contribution in [0.2, 0.25) is 0 Å². The fourth-order valence-corrected chi connectivity index (χ4v) is 1.53. The zero-order valence-electron chi connectivity index (χ0n) is 11.3. The molecule has 0 aromatic carbocycles. The number of anilines is 1. The zero-order valence-corrected chi connectivity index (χ0v) is 11.3. The van der Waals surface area contributed by atoms with Gasteiger partial charge in [0.15, 0.2) is 0 Å². The van der Waals surface area contributed by atoms with Crippen LogP contribution < -0.4 is 5.32 Å². The highest BCUT2D eigenvalue weighted by atomic mass is 16.4. The number of pyridine rings is 2. The van der Waals surface area contributed by atoms with Crippen LogP contribution in [-0.4, -0.2) is 27.0 Å². The van der Waals surface area contributed by atoms with E-state index in [0.717, 1.165) is 11.6 Å². The molecule has 0 aliphatic heterocycles. The van der Waals surface area contributed by atoms with Gasteiger partial charge in [0.25, 0.3) is 5.91 Å². The summed E-state index contributed by atoms with van der Waals surface area (Å²) in [4.78, 5) is 30.4. The van der Waals surface area contributed by atoms with Gasteiger partial charge in [-0.2, -0.15) is 0 Å². The van der Waals surface area contributed by atoms with Gasteiger partial charge in [-0.1, -0.05) is 12.1 Å². The Balaban J connectivity index is 2.06. The van der Waals surface area contributed by atoms with Crippen LogP contribution in [0.3, 0.4) is 0 Å². The first kappa shape index (κ1) is 14.4. The molecule has 2 N–H and O–H groups in total. The number of rotatable bonds is 4. The summed E-state index contributed by atoms with van der Waals surface area (Å²) in [6.45, 7) is 1.91. The normalized spacial score (nSPS) is 10.5. The number of hydrogen-bond acceptors (Lipinski definition) is 4. The second-order valence-electron chi connectivity index (χ2n) is 4.32. The van der Waals surface area contributed by atoms with Crippen molar-refractivity contribution in [2.45, 2.75) is 6.92 Å². The van der Waals surface area contributed by atoms with Crippen LogP contribution in [0.15, 0.2) is 42.7 Å². The number of hydrogen-bond donors (Lipinski definition) is 2. The molecule has 2 heterocycles. The topological polar surface area (TPSA) is 92.2 Å². The molecule has 21 heavy (non-hydrogen) atoms. The summed E-state index contributed by atoms with van der Waals surface area (Å²) in [5, 5.41) is 11.2. The molecule has 6 heteroatoms. The molecule has 0 atom stereocenters. The third kappa shape index (κ3) is 4.24. The molecular weight excluding hydrogens is 270 g/mol. The van der Waals surface area contributed by atoms with E-state index in [9.17, 15) is 9.59 Å². The molecule has 0 fully saturated rings.